The van der Waals surface area contributed by atoms with Crippen molar-refractivity contribution in [3.8, 4) is 5.75 Å². The van der Waals surface area contributed by atoms with Crippen molar-refractivity contribution >= 4 is 17.5 Å². The monoisotopic (exact) mass is 312 g/mol. The lowest BCUT2D eigenvalue weighted by atomic mass is 10.2. The summed E-state index contributed by atoms with van der Waals surface area (Å²) in [6, 6.07) is 5.52. The minimum Gasteiger partial charge on any atom is -0.483 e. The fourth-order valence-corrected chi connectivity index (χ4v) is 2.28. The minimum atomic E-state index is -0.00700. The maximum absolute atomic E-state index is 12.0. The molecule has 118 valence electrons. The number of rotatable bonds is 9. The van der Waals surface area contributed by atoms with Crippen molar-refractivity contribution in [2.45, 2.75) is 33.7 Å². The number of carbonyl (C=O) groups excluding carboxylic acids is 1. The van der Waals surface area contributed by atoms with Gasteiger partial charge in [-0.1, -0.05) is 24.6 Å². The SMILES string of the molecule is CCCNCc1c(Cl)cccc1OCC(=O)N(CC)CC. The Labute approximate surface area is 132 Å². The summed E-state index contributed by atoms with van der Waals surface area (Å²) in [5.74, 6) is 0.666. The van der Waals surface area contributed by atoms with Gasteiger partial charge in [-0.05, 0) is 38.9 Å². The van der Waals surface area contributed by atoms with Crippen LogP contribution in [0.2, 0.25) is 5.02 Å². The maximum Gasteiger partial charge on any atom is 0.260 e. The molecule has 0 fully saturated rings. The van der Waals surface area contributed by atoms with E-state index in [1.807, 2.05) is 32.0 Å². The molecule has 0 saturated heterocycles. The summed E-state index contributed by atoms with van der Waals surface area (Å²) in [4.78, 5) is 13.7. The minimum absolute atomic E-state index is 0.00700. The number of ether oxygens (including phenoxy) is 1. The average Bonchev–Trinajstić information content (AvgIpc) is 2.48. The van der Waals surface area contributed by atoms with E-state index in [0.29, 0.717) is 30.4 Å². The van der Waals surface area contributed by atoms with Crippen molar-refractivity contribution < 1.29 is 9.53 Å². The van der Waals surface area contributed by atoms with Crippen molar-refractivity contribution in [3.05, 3.63) is 28.8 Å². The van der Waals surface area contributed by atoms with E-state index in [0.717, 1.165) is 18.5 Å². The molecule has 1 N–H and O–H groups in total. The molecular formula is C16H25ClN2O2. The summed E-state index contributed by atoms with van der Waals surface area (Å²) in [6.07, 6.45) is 1.06. The molecule has 1 aromatic carbocycles. The van der Waals surface area contributed by atoms with Crippen LogP contribution in [-0.4, -0.2) is 37.0 Å². The summed E-state index contributed by atoms with van der Waals surface area (Å²) in [7, 11) is 0. The molecule has 0 unspecified atom stereocenters. The number of halogens is 1. The summed E-state index contributed by atoms with van der Waals surface area (Å²) in [5, 5.41) is 3.96. The van der Waals surface area contributed by atoms with Crippen LogP contribution in [-0.2, 0) is 11.3 Å². The number of amides is 1. The quantitative estimate of drug-likeness (QED) is 0.712. The Kier molecular flexibility index (Phi) is 8.16. The average molecular weight is 313 g/mol. The Morgan fingerprint density at radius 1 is 1.29 bits per heavy atom. The molecule has 4 nitrogen and oxygen atoms in total. The second-order valence-corrected chi connectivity index (χ2v) is 5.16. The van der Waals surface area contributed by atoms with Crippen molar-refractivity contribution in [1.82, 2.24) is 10.2 Å². The van der Waals surface area contributed by atoms with Crippen LogP contribution in [0.3, 0.4) is 0 Å². The first-order valence-corrected chi connectivity index (χ1v) is 7.90. The van der Waals surface area contributed by atoms with Crippen molar-refractivity contribution in [3.63, 3.8) is 0 Å². The van der Waals surface area contributed by atoms with E-state index in [4.69, 9.17) is 16.3 Å². The molecule has 1 aromatic rings. The molecule has 1 amide bonds. The second kappa shape index (κ2) is 9.64. The zero-order chi connectivity index (χ0) is 15.7. The smallest absolute Gasteiger partial charge is 0.260 e. The van der Waals surface area contributed by atoms with Gasteiger partial charge in [-0.15, -0.1) is 0 Å². The third-order valence-corrected chi connectivity index (χ3v) is 3.63. The molecule has 5 heteroatoms. The van der Waals surface area contributed by atoms with Crippen LogP contribution in [0, 0.1) is 0 Å². The summed E-state index contributed by atoms with van der Waals surface area (Å²) < 4.78 is 5.68. The highest BCUT2D eigenvalue weighted by molar-refractivity contribution is 6.31. The van der Waals surface area contributed by atoms with Crippen LogP contribution in [0.25, 0.3) is 0 Å². The number of likely N-dealkylation sites (N-methyl/N-ethyl adjacent to an activating group) is 1. The van der Waals surface area contributed by atoms with E-state index < -0.39 is 0 Å². The summed E-state index contributed by atoms with van der Waals surface area (Å²) in [5.41, 5.74) is 0.903. The molecule has 21 heavy (non-hydrogen) atoms. The van der Waals surface area contributed by atoms with Crippen LogP contribution in [0.4, 0.5) is 0 Å². The zero-order valence-electron chi connectivity index (χ0n) is 13.1. The maximum atomic E-state index is 12.0. The van der Waals surface area contributed by atoms with E-state index in [2.05, 4.69) is 12.2 Å². The van der Waals surface area contributed by atoms with Crippen LogP contribution in [0.1, 0.15) is 32.8 Å². The van der Waals surface area contributed by atoms with Gasteiger partial charge in [-0.25, -0.2) is 0 Å². The molecule has 0 aliphatic rings. The zero-order valence-corrected chi connectivity index (χ0v) is 13.9. The highest BCUT2D eigenvalue weighted by atomic mass is 35.5. The van der Waals surface area contributed by atoms with Gasteiger partial charge in [0.15, 0.2) is 6.61 Å². The Morgan fingerprint density at radius 2 is 2.00 bits per heavy atom. The highest BCUT2D eigenvalue weighted by Crippen LogP contribution is 2.26. The molecule has 0 heterocycles. The molecule has 0 bridgehead atoms. The molecular weight excluding hydrogens is 288 g/mol. The number of carbonyl (C=O) groups is 1. The topological polar surface area (TPSA) is 41.6 Å². The molecule has 0 aliphatic carbocycles. The Bertz CT molecular complexity index is 448. The predicted octanol–water partition coefficient (Wildman–Crippen LogP) is 3.09. The van der Waals surface area contributed by atoms with Gasteiger partial charge in [-0.2, -0.15) is 0 Å². The van der Waals surface area contributed by atoms with E-state index in [9.17, 15) is 4.79 Å². The lowest BCUT2D eigenvalue weighted by molar-refractivity contribution is -0.132. The fraction of sp³-hybridized carbons (Fsp3) is 0.562. The molecule has 0 aromatic heterocycles. The molecule has 0 spiro atoms. The highest BCUT2D eigenvalue weighted by Gasteiger charge is 2.13. The number of hydrogen-bond acceptors (Lipinski definition) is 3. The molecule has 0 atom stereocenters. The van der Waals surface area contributed by atoms with Crippen LogP contribution in [0.15, 0.2) is 18.2 Å². The predicted molar refractivity (Wildman–Crippen MR) is 86.9 cm³/mol. The van der Waals surface area contributed by atoms with Gasteiger partial charge >= 0.3 is 0 Å². The number of benzene rings is 1. The van der Waals surface area contributed by atoms with E-state index in [-0.39, 0.29) is 12.5 Å². The normalized spacial score (nSPS) is 10.5. The van der Waals surface area contributed by atoms with Crippen LogP contribution >= 0.6 is 11.6 Å². The van der Waals surface area contributed by atoms with Gasteiger partial charge in [0.05, 0.1) is 0 Å². The fourth-order valence-electron chi connectivity index (χ4n) is 2.04. The van der Waals surface area contributed by atoms with Gasteiger partial charge in [0.25, 0.3) is 5.91 Å². The Hall–Kier alpha value is -1.26. The first-order chi connectivity index (χ1) is 10.1. The molecule has 0 radical (unpaired) electrons. The Balaban J connectivity index is 2.69. The Morgan fingerprint density at radius 3 is 2.62 bits per heavy atom. The van der Waals surface area contributed by atoms with Gasteiger partial charge < -0.3 is 15.0 Å². The molecule has 0 saturated carbocycles. The summed E-state index contributed by atoms with van der Waals surface area (Å²) in [6.45, 7) is 9.02. The van der Waals surface area contributed by atoms with Gasteiger partial charge in [0, 0.05) is 30.2 Å². The summed E-state index contributed by atoms with van der Waals surface area (Å²) >= 11 is 6.23. The van der Waals surface area contributed by atoms with Gasteiger partial charge in [0.2, 0.25) is 0 Å². The van der Waals surface area contributed by atoms with Gasteiger partial charge in [-0.3, -0.25) is 4.79 Å². The third-order valence-electron chi connectivity index (χ3n) is 3.27. The first kappa shape index (κ1) is 17.8. The first-order valence-electron chi connectivity index (χ1n) is 7.52. The second-order valence-electron chi connectivity index (χ2n) is 4.75. The standard InChI is InChI=1S/C16H25ClN2O2/c1-4-10-18-11-13-14(17)8-7-9-15(13)21-12-16(20)19(5-2)6-3/h7-9,18H,4-6,10-12H2,1-3H3. The molecule has 0 aliphatic heterocycles. The van der Waals surface area contributed by atoms with Gasteiger partial charge in [0.1, 0.15) is 5.75 Å². The number of hydrogen-bond donors (Lipinski definition) is 1. The van der Waals surface area contributed by atoms with Crippen molar-refractivity contribution in [1.29, 1.82) is 0 Å². The van der Waals surface area contributed by atoms with E-state index in [1.54, 1.807) is 4.90 Å². The third kappa shape index (κ3) is 5.56. The van der Waals surface area contributed by atoms with Crippen molar-refractivity contribution in [2.75, 3.05) is 26.2 Å². The number of nitrogens with zero attached hydrogens (tertiary/aromatic N) is 1. The molecule has 1 rings (SSSR count). The lowest BCUT2D eigenvalue weighted by Gasteiger charge is -2.19. The van der Waals surface area contributed by atoms with E-state index in [1.165, 1.54) is 0 Å². The number of nitrogens with one attached hydrogen (secondary N) is 1. The van der Waals surface area contributed by atoms with Crippen molar-refractivity contribution in [2.24, 2.45) is 0 Å². The van der Waals surface area contributed by atoms with Crippen LogP contribution < -0.4 is 10.1 Å². The van der Waals surface area contributed by atoms with Crippen LogP contribution in [0.5, 0.6) is 5.75 Å². The van der Waals surface area contributed by atoms with E-state index >= 15 is 0 Å². The largest absolute Gasteiger partial charge is 0.483 e. The lowest BCUT2D eigenvalue weighted by Crippen LogP contribution is -2.34.